The molecule has 0 saturated carbocycles. The minimum absolute atomic E-state index is 0.00798. The zero-order valence-electron chi connectivity index (χ0n) is 15.5. The van der Waals surface area contributed by atoms with Crippen LogP contribution in [-0.4, -0.2) is 25.2 Å². The number of unbranched alkanes of at least 4 members (excludes halogenated alkanes) is 1. The number of quaternary nitrogens is 1. The standard InChI is InChI=1S/C20H26N2O3S/c1-4-5-7-15-9-11-16(12-10-15)18(17-8-6-13-26-17)21-14(2)19(23)22-20(24)25-3/h6,8-14,18,21H,4-5,7H2,1-3H3,(H,22,23,24)/p+1/t14-,18+/m1/s1. The van der Waals surface area contributed by atoms with E-state index in [4.69, 9.17) is 0 Å². The van der Waals surface area contributed by atoms with Gasteiger partial charge in [-0.2, -0.15) is 0 Å². The number of nitrogens with two attached hydrogens (primary N) is 1. The van der Waals surface area contributed by atoms with Gasteiger partial charge in [0.05, 0.1) is 12.0 Å². The first-order valence-electron chi connectivity index (χ1n) is 8.91. The van der Waals surface area contributed by atoms with Crippen molar-refractivity contribution >= 4 is 23.3 Å². The lowest BCUT2D eigenvalue weighted by atomic mass is 10.0. The highest BCUT2D eigenvalue weighted by Gasteiger charge is 2.26. The number of methoxy groups -OCH3 is 1. The molecule has 0 fully saturated rings. The molecule has 0 aliphatic rings. The number of amides is 2. The lowest BCUT2D eigenvalue weighted by Gasteiger charge is -2.19. The Labute approximate surface area is 158 Å². The Morgan fingerprint density at radius 1 is 1.23 bits per heavy atom. The third-order valence-electron chi connectivity index (χ3n) is 4.31. The zero-order chi connectivity index (χ0) is 18.9. The molecular formula is C20H27N2O3S+. The van der Waals surface area contributed by atoms with Crippen LogP contribution in [0.5, 0.6) is 0 Å². The molecule has 2 aromatic rings. The van der Waals surface area contributed by atoms with E-state index in [9.17, 15) is 9.59 Å². The Morgan fingerprint density at radius 2 is 1.96 bits per heavy atom. The summed E-state index contributed by atoms with van der Waals surface area (Å²) >= 11 is 1.66. The highest BCUT2D eigenvalue weighted by molar-refractivity contribution is 7.10. The molecule has 0 bridgehead atoms. The van der Waals surface area contributed by atoms with Gasteiger partial charge in [-0.25, -0.2) is 4.79 Å². The van der Waals surface area contributed by atoms with Crippen molar-refractivity contribution in [3.63, 3.8) is 0 Å². The molecule has 2 amide bonds. The van der Waals surface area contributed by atoms with Crippen molar-refractivity contribution in [2.24, 2.45) is 0 Å². The Kier molecular flexibility index (Phi) is 7.81. The van der Waals surface area contributed by atoms with E-state index in [1.165, 1.54) is 30.4 Å². The molecule has 2 rings (SSSR count). The second-order valence-corrected chi connectivity index (χ2v) is 7.28. The van der Waals surface area contributed by atoms with Crippen molar-refractivity contribution in [2.75, 3.05) is 7.11 Å². The van der Waals surface area contributed by atoms with Crippen LogP contribution in [0.15, 0.2) is 41.8 Å². The van der Waals surface area contributed by atoms with E-state index >= 15 is 0 Å². The van der Waals surface area contributed by atoms with Gasteiger partial charge < -0.3 is 10.1 Å². The van der Waals surface area contributed by atoms with E-state index in [1.54, 1.807) is 18.3 Å². The van der Waals surface area contributed by atoms with Gasteiger partial charge in [0.25, 0.3) is 5.91 Å². The quantitative estimate of drug-likeness (QED) is 0.745. The van der Waals surface area contributed by atoms with Crippen LogP contribution in [0.4, 0.5) is 4.79 Å². The number of rotatable bonds is 8. The molecule has 26 heavy (non-hydrogen) atoms. The van der Waals surface area contributed by atoms with Crippen molar-refractivity contribution in [2.45, 2.75) is 45.2 Å². The summed E-state index contributed by atoms with van der Waals surface area (Å²) in [7, 11) is 1.24. The third kappa shape index (κ3) is 5.68. The molecule has 0 spiro atoms. The zero-order valence-corrected chi connectivity index (χ0v) is 16.3. The van der Waals surface area contributed by atoms with Gasteiger partial charge in [0.2, 0.25) is 0 Å². The molecule has 0 aliphatic heterocycles. The van der Waals surface area contributed by atoms with E-state index in [0.717, 1.165) is 12.0 Å². The maximum atomic E-state index is 12.2. The summed E-state index contributed by atoms with van der Waals surface area (Å²) in [5.74, 6) is -0.363. The summed E-state index contributed by atoms with van der Waals surface area (Å²) in [5, 5.41) is 6.25. The topological polar surface area (TPSA) is 72.0 Å². The number of nitrogens with one attached hydrogen (secondary N) is 1. The van der Waals surface area contributed by atoms with Gasteiger partial charge in [-0.05, 0) is 36.8 Å². The molecule has 3 N–H and O–H groups in total. The molecule has 2 atom stereocenters. The van der Waals surface area contributed by atoms with Crippen LogP contribution in [0.1, 0.15) is 48.7 Å². The average molecular weight is 376 g/mol. The number of hydrogen-bond donors (Lipinski definition) is 2. The second kappa shape index (κ2) is 10.1. The normalized spacial score (nSPS) is 13.0. The summed E-state index contributed by atoms with van der Waals surface area (Å²) in [6.07, 6.45) is 2.72. The Hall–Kier alpha value is -2.18. The number of thiophene rings is 1. The molecule has 1 aromatic heterocycles. The first-order valence-corrected chi connectivity index (χ1v) is 9.79. The van der Waals surface area contributed by atoms with Crippen molar-refractivity contribution in [1.82, 2.24) is 5.32 Å². The number of alkyl carbamates (subject to hydrolysis) is 1. The largest absolute Gasteiger partial charge is 0.453 e. The number of imide groups is 1. The van der Waals surface area contributed by atoms with E-state index in [2.05, 4.69) is 47.3 Å². The summed E-state index contributed by atoms with van der Waals surface area (Å²) in [4.78, 5) is 24.6. The van der Waals surface area contributed by atoms with Gasteiger partial charge in [0.15, 0.2) is 6.04 Å². The molecule has 6 heteroatoms. The maximum absolute atomic E-state index is 12.2. The van der Waals surface area contributed by atoms with Crippen LogP contribution in [0, 0.1) is 0 Å². The van der Waals surface area contributed by atoms with E-state index < -0.39 is 12.1 Å². The predicted octanol–water partition coefficient (Wildman–Crippen LogP) is 3.01. The molecule has 0 unspecified atom stereocenters. The van der Waals surface area contributed by atoms with Crippen LogP contribution >= 0.6 is 11.3 Å². The summed E-state index contributed by atoms with van der Waals surface area (Å²) in [6, 6.07) is 12.3. The molecule has 5 nitrogen and oxygen atoms in total. The number of carbonyl (C=O) groups is 2. The van der Waals surface area contributed by atoms with Gasteiger partial charge >= 0.3 is 6.09 Å². The van der Waals surface area contributed by atoms with Gasteiger partial charge in [-0.3, -0.25) is 10.1 Å². The highest BCUT2D eigenvalue weighted by Crippen LogP contribution is 2.23. The van der Waals surface area contributed by atoms with Crippen LogP contribution in [0.25, 0.3) is 0 Å². The van der Waals surface area contributed by atoms with Crippen molar-refractivity contribution in [1.29, 1.82) is 0 Å². The van der Waals surface area contributed by atoms with E-state index in [0.29, 0.717) is 0 Å². The predicted molar refractivity (Wildman–Crippen MR) is 103 cm³/mol. The Balaban J connectivity index is 2.14. The van der Waals surface area contributed by atoms with E-state index in [-0.39, 0.29) is 11.9 Å². The number of benzene rings is 1. The fourth-order valence-corrected chi connectivity index (χ4v) is 3.59. The lowest BCUT2D eigenvalue weighted by molar-refractivity contribution is -0.704. The number of ether oxygens (including phenoxy) is 1. The van der Waals surface area contributed by atoms with Crippen LogP contribution in [0.3, 0.4) is 0 Å². The van der Waals surface area contributed by atoms with Gasteiger partial charge in [0, 0.05) is 5.56 Å². The number of hydrogen-bond acceptors (Lipinski definition) is 4. The smallest absolute Gasteiger partial charge is 0.413 e. The Bertz CT molecular complexity index is 698. The maximum Gasteiger partial charge on any atom is 0.413 e. The summed E-state index contributed by atoms with van der Waals surface area (Å²) < 4.78 is 4.50. The highest BCUT2D eigenvalue weighted by atomic mass is 32.1. The van der Waals surface area contributed by atoms with Gasteiger partial charge in [0.1, 0.15) is 6.04 Å². The number of aryl methyl sites for hydroxylation is 1. The summed E-state index contributed by atoms with van der Waals surface area (Å²) in [5.41, 5.74) is 2.47. The molecular weight excluding hydrogens is 348 g/mol. The Morgan fingerprint density at radius 3 is 2.54 bits per heavy atom. The molecule has 1 heterocycles. The average Bonchev–Trinajstić information content (AvgIpc) is 3.19. The second-order valence-electron chi connectivity index (χ2n) is 6.30. The van der Waals surface area contributed by atoms with Crippen LogP contribution in [-0.2, 0) is 16.0 Å². The van der Waals surface area contributed by atoms with Crippen LogP contribution in [0.2, 0.25) is 0 Å². The first kappa shape index (κ1) is 20.1. The molecule has 0 radical (unpaired) electrons. The van der Waals surface area contributed by atoms with Crippen LogP contribution < -0.4 is 10.6 Å². The fourth-order valence-electron chi connectivity index (χ4n) is 2.75. The molecule has 140 valence electrons. The summed E-state index contributed by atoms with van der Waals surface area (Å²) in [6.45, 7) is 3.98. The number of carbonyl (C=O) groups excluding carboxylic acids is 2. The minimum atomic E-state index is -0.733. The van der Waals surface area contributed by atoms with Crippen molar-refractivity contribution in [3.05, 3.63) is 57.8 Å². The van der Waals surface area contributed by atoms with Crippen molar-refractivity contribution in [3.8, 4) is 0 Å². The SMILES string of the molecule is CCCCc1ccc([C@H]([NH2+][C@H](C)C(=O)NC(=O)OC)c2cccs2)cc1. The fraction of sp³-hybridized carbons (Fsp3) is 0.400. The molecule has 0 saturated heterocycles. The lowest BCUT2D eigenvalue weighted by Crippen LogP contribution is -2.92. The van der Waals surface area contributed by atoms with E-state index in [1.807, 2.05) is 16.8 Å². The monoisotopic (exact) mass is 375 g/mol. The van der Waals surface area contributed by atoms with Gasteiger partial charge in [-0.15, -0.1) is 11.3 Å². The first-order chi connectivity index (χ1) is 12.5. The van der Waals surface area contributed by atoms with Gasteiger partial charge in [-0.1, -0.05) is 43.7 Å². The molecule has 0 aliphatic carbocycles. The third-order valence-corrected chi connectivity index (χ3v) is 5.27. The van der Waals surface area contributed by atoms with Crippen molar-refractivity contribution < 1.29 is 19.6 Å². The molecule has 1 aromatic carbocycles. The minimum Gasteiger partial charge on any atom is -0.453 e.